The molecule has 0 saturated carbocycles. The maximum absolute atomic E-state index is 14.0. The van der Waals surface area contributed by atoms with Crippen molar-refractivity contribution in [3.8, 4) is 5.75 Å². The molecule has 2 aromatic carbocycles. The van der Waals surface area contributed by atoms with Gasteiger partial charge >= 0.3 is 0 Å². The first-order chi connectivity index (χ1) is 19.0. The summed E-state index contributed by atoms with van der Waals surface area (Å²) in [6, 6.07) is 3.48. The Bertz CT molecular complexity index is 1470. The third-order valence-electron chi connectivity index (χ3n) is 5.86. The average Bonchev–Trinajstić information content (AvgIpc) is 2.92. The summed E-state index contributed by atoms with van der Waals surface area (Å²) in [5.41, 5.74) is -0.537. The standard InChI is InChI=1S/C26H24ClF4N3O6/c1-3-19(34-7-6-13-4-5-14(27)8-15(13)26(34)38)25(37)33-18(10-21(36)32-12-39-2)20(35)11-40-24-22(30)16(28)9-17(29)23(24)31/h4-9,18-19H,3,10-12H2,1-2H3,(H,32,36)(H,33,37)/t18-,19?/m0/s1. The number of rotatable bonds is 12. The van der Waals surface area contributed by atoms with Crippen LogP contribution in [0.2, 0.25) is 5.02 Å². The highest BCUT2D eigenvalue weighted by molar-refractivity contribution is 6.31. The zero-order chi connectivity index (χ0) is 29.6. The molecule has 2 atom stereocenters. The number of carbonyl (C=O) groups excluding carboxylic acids is 3. The van der Waals surface area contributed by atoms with E-state index in [1.54, 1.807) is 25.1 Å². The van der Waals surface area contributed by atoms with Crippen LogP contribution in [0, 0.1) is 23.3 Å². The van der Waals surface area contributed by atoms with Gasteiger partial charge in [0.1, 0.15) is 19.4 Å². The molecule has 0 aliphatic carbocycles. The Hall–Kier alpha value is -3.97. The van der Waals surface area contributed by atoms with Crippen molar-refractivity contribution < 1.29 is 41.4 Å². The Balaban J connectivity index is 1.86. The Kier molecular flexibility index (Phi) is 10.2. The van der Waals surface area contributed by atoms with E-state index in [0.717, 1.165) is 4.57 Å². The number of hydrogen-bond donors (Lipinski definition) is 2. The summed E-state index contributed by atoms with van der Waals surface area (Å²) in [6.07, 6.45) is 0.824. The lowest BCUT2D eigenvalue weighted by Crippen LogP contribution is -2.49. The van der Waals surface area contributed by atoms with Crippen molar-refractivity contribution in [1.82, 2.24) is 15.2 Å². The summed E-state index contributed by atoms with van der Waals surface area (Å²) in [5.74, 6) is -11.4. The van der Waals surface area contributed by atoms with Gasteiger partial charge in [0.2, 0.25) is 23.4 Å². The molecule has 0 spiro atoms. The molecule has 2 amide bonds. The van der Waals surface area contributed by atoms with E-state index in [2.05, 4.69) is 10.6 Å². The minimum Gasteiger partial charge on any atom is -0.479 e. The van der Waals surface area contributed by atoms with Crippen molar-refractivity contribution in [1.29, 1.82) is 0 Å². The van der Waals surface area contributed by atoms with Gasteiger partial charge in [0.05, 0.1) is 12.5 Å². The van der Waals surface area contributed by atoms with Crippen LogP contribution < -0.4 is 20.9 Å². The number of amides is 2. The fourth-order valence-electron chi connectivity index (χ4n) is 3.83. The zero-order valence-electron chi connectivity index (χ0n) is 21.2. The van der Waals surface area contributed by atoms with Crippen LogP contribution in [-0.2, 0) is 19.1 Å². The van der Waals surface area contributed by atoms with Crippen molar-refractivity contribution in [3.63, 3.8) is 0 Å². The second-order valence-corrected chi connectivity index (χ2v) is 8.97. The minimum absolute atomic E-state index is 0.0317. The first-order valence-corrected chi connectivity index (χ1v) is 12.2. The highest BCUT2D eigenvalue weighted by Gasteiger charge is 2.30. The molecule has 1 heterocycles. The van der Waals surface area contributed by atoms with Crippen LogP contribution >= 0.6 is 11.6 Å². The Morgan fingerprint density at radius 3 is 2.35 bits per heavy atom. The lowest BCUT2D eigenvalue weighted by atomic mass is 10.1. The molecule has 0 radical (unpaired) electrons. The predicted octanol–water partition coefficient (Wildman–Crippen LogP) is 3.41. The van der Waals surface area contributed by atoms with Gasteiger partial charge in [-0.3, -0.25) is 19.2 Å². The van der Waals surface area contributed by atoms with E-state index in [-0.39, 0.29) is 24.6 Å². The number of carbonyl (C=O) groups is 3. The molecule has 0 fully saturated rings. The van der Waals surface area contributed by atoms with Crippen LogP contribution in [0.1, 0.15) is 25.8 Å². The average molecular weight is 586 g/mol. The molecule has 40 heavy (non-hydrogen) atoms. The molecule has 14 heteroatoms. The Labute approximate surface area is 230 Å². The highest BCUT2D eigenvalue weighted by atomic mass is 35.5. The monoisotopic (exact) mass is 585 g/mol. The second-order valence-electron chi connectivity index (χ2n) is 8.53. The number of nitrogens with one attached hydrogen (secondary N) is 2. The van der Waals surface area contributed by atoms with Gasteiger partial charge in [0.15, 0.2) is 23.2 Å². The van der Waals surface area contributed by atoms with Crippen LogP contribution in [0.15, 0.2) is 41.3 Å². The van der Waals surface area contributed by atoms with Gasteiger partial charge in [0, 0.05) is 29.8 Å². The van der Waals surface area contributed by atoms with E-state index < -0.39 is 77.3 Å². The lowest BCUT2D eigenvalue weighted by Gasteiger charge is -2.23. The van der Waals surface area contributed by atoms with Gasteiger partial charge in [-0.25, -0.2) is 8.78 Å². The lowest BCUT2D eigenvalue weighted by molar-refractivity contribution is -0.133. The van der Waals surface area contributed by atoms with Crippen LogP contribution in [0.25, 0.3) is 10.8 Å². The molecule has 0 aliphatic heterocycles. The maximum atomic E-state index is 14.0. The molecule has 3 aromatic rings. The van der Waals surface area contributed by atoms with Gasteiger partial charge in [-0.15, -0.1) is 0 Å². The first-order valence-electron chi connectivity index (χ1n) is 11.8. The van der Waals surface area contributed by atoms with Gasteiger partial charge in [-0.2, -0.15) is 8.78 Å². The van der Waals surface area contributed by atoms with E-state index in [1.165, 1.54) is 19.4 Å². The van der Waals surface area contributed by atoms with E-state index in [0.29, 0.717) is 10.4 Å². The molecular formula is C26H24ClF4N3O6. The maximum Gasteiger partial charge on any atom is 0.259 e. The number of halogens is 5. The Morgan fingerprint density at radius 1 is 1.05 bits per heavy atom. The van der Waals surface area contributed by atoms with Gasteiger partial charge < -0.3 is 24.7 Å². The molecule has 214 valence electrons. The van der Waals surface area contributed by atoms with E-state index in [4.69, 9.17) is 21.1 Å². The quantitative estimate of drug-likeness (QED) is 0.191. The minimum atomic E-state index is -1.87. The van der Waals surface area contributed by atoms with E-state index >= 15 is 0 Å². The summed E-state index contributed by atoms with van der Waals surface area (Å²) in [5, 5.41) is 5.80. The molecule has 1 aromatic heterocycles. The molecule has 1 unspecified atom stereocenters. The normalized spacial score (nSPS) is 12.6. The summed E-state index contributed by atoms with van der Waals surface area (Å²) in [6.45, 7) is 0.217. The molecule has 9 nitrogen and oxygen atoms in total. The van der Waals surface area contributed by atoms with Crippen LogP contribution in [0.3, 0.4) is 0 Å². The van der Waals surface area contributed by atoms with Crippen molar-refractivity contribution in [3.05, 3.63) is 75.2 Å². The Morgan fingerprint density at radius 2 is 1.73 bits per heavy atom. The van der Waals surface area contributed by atoms with Crippen LogP contribution in [0.4, 0.5) is 17.6 Å². The zero-order valence-corrected chi connectivity index (χ0v) is 22.0. The summed E-state index contributed by atoms with van der Waals surface area (Å²) in [4.78, 5) is 51.6. The second kappa shape index (κ2) is 13.4. The first kappa shape index (κ1) is 30.6. The van der Waals surface area contributed by atoms with Gasteiger partial charge in [-0.1, -0.05) is 24.6 Å². The summed E-state index contributed by atoms with van der Waals surface area (Å²) < 4.78 is 65.5. The number of methoxy groups -OCH3 is 1. The SMILES string of the molecule is CCC(C(=O)N[C@@H](CC(=O)NCOC)C(=O)COc1c(F)c(F)cc(F)c1F)n1ccc2ccc(Cl)cc2c1=O. The molecule has 0 bridgehead atoms. The third-order valence-corrected chi connectivity index (χ3v) is 6.09. The fraction of sp³-hybridized carbons (Fsp3) is 0.308. The number of ketones is 1. The topological polar surface area (TPSA) is 116 Å². The smallest absolute Gasteiger partial charge is 0.259 e. The van der Waals surface area contributed by atoms with Crippen molar-refractivity contribution in [2.45, 2.75) is 31.8 Å². The molecule has 0 aliphatic rings. The van der Waals surface area contributed by atoms with Gasteiger partial charge in [0.25, 0.3) is 5.56 Å². The fourth-order valence-corrected chi connectivity index (χ4v) is 4.00. The number of aromatic nitrogens is 1. The van der Waals surface area contributed by atoms with Crippen molar-refractivity contribution in [2.75, 3.05) is 20.4 Å². The summed E-state index contributed by atoms with van der Waals surface area (Å²) in [7, 11) is 1.29. The number of fused-ring (bicyclic) bond motifs is 1. The molecular weight excluding hydrogens is 562 g/mol. The van der Waals surface area contributed by atoms with E-state index in [1.807, 2.05) is 0 Å². The third kappa shape index (κ3) is 6.96. The molecule has 0 saturated heterocycles. The number of benzene rings is 2. The van der Waals surface area contributed by atoms with Crippen LogP contribution in [0.5, 0.6) is 5.75 Å². The number of hydrogen-bond acceptors (Lipinski definition) is 6. The predicted molar refractivity (Wildman–Crippen MR) is 136 cm³/mol. The molecule has 2 N–H and O–H groups in total. The highest BCUT2D eigenvalue weighted by Crippen LogP contribution is 2.26. The van der Waals surface area contributed by atoms with Gasteiger partial charge in [-0.05, 0) is 30.0 Å². The number of ether oxygens (including phenoxy) is 2. The van der Waals surface area contributed by atoms with E-state index in [9.17, 15) is 36.7 Å². The van der Waals surface area contributed by atoms with Crippen LogP contribution in [-0.4, -0.2) is 48.7 Å². The molecule has 3 rings (SSSR count). The van der Waals surface area contributed by atoms with Crippen molar-refractivity contribution >= 4 is 40.0 Å². The largest absolute Gasteiger partial charge is 0.479 e. The summed E-state index contributed by atoms with van der Waals surface area (Å²) >= 11 is 6.01. The number of Topliss-reactive ketones (excluding diaryl/α,β-unsaturated/α-hetero) is 1. The van der Waals surface area contributed by atoms with Crippen molar-refractivity contribution in [2.24, 2.45) is 0 Å². The number of pyridine rings is 1. The number of nitrogens with zero attached hydrogens (tertiary/aromatic N) is 1.